The predicted molar refractivity (Wildman–Crippen MR) is 64.9 cm³/mol. The van der Waals surface area contributed by atoms with Crippen molar-refractivity contribution in [3.8, 4) is 6.07 Å². The predicted octanol–water partition coefficient (Wildman–Crippen LogP) is 1.98. The molecule has 0 aliphatic rings. The lowest BCUT2D eigenvalue weighted by Crippen LogP contribution is -2.15. The molecule has 88 valence electrons. The molecule has 0 unspecified atom stereocenters. The Morgan fingerprint density at radius 1 is 1.53 bits per heavy atom. The molecule has 1 amide bonds. The van der Waals surface area contributed by atoms with Crippen LogP contribution in [0.25, 0.3) is 0 Å². The molecule has 0 aliphatic heterocycles. The van der Waals surface area contributed by atoms with Gasteiger partial charge in [-0.05, 0) is 34.7 Å². The summed E-state index contributed by atoms with van der Waals surface area (Å²) in [7, 11) is 0. The normalized spacial score (nSPS) is 9.47. The summed E-state index contributed by atoms with van der Waals surface area (Å²) >= 11 is 1.67. The third-order valence-corrected chi connectivity index (χ3v) is 2.66. The van der Waals surface area contributed by atoms with Crippen molar-refractivity contribution in [2.24, 2.45) is 0 Å². The minimum Gasteiger partial charge on any atom is -0.478 e. The van der Waals surface area contributed by atoms with Crippen LogP contribution in [0.2, 0.25) is 0 Å². The number of carboxylic acid groups (broad SMARTS) is 1. The average molecular weight is 348 g/mol. The molecule has 1 aromatic carbocycles. The molecule has 7 heteroatoms. The lowest BCUT2D eigenvalue weighted by Gasteiger charge is -2.09. The Balaban J connectivity index is 3.20. The molecule has 0 radical (unpaired) electrons. The SMILES string of the molecule is N#CCC(=O)Nc1c(C(=O)O)ccc(I)c1F. The van der Waals surface area contributed by atoms with Gasteiger partial charge in [-0.1, -0.05) is 0 Å². The van der Waals surface area contributed by atoms with Crippen molar-refractivity contribution in [3.63, 3.8) is 0 Å². The van der Waals surface area contributed by atoms with E-state index in [1.54, 1.807) is 28.7 Å². The van der Waals surface area contributed by atoms with Gasteiger partial charge in [-0.25, -0.2) is 9.18 Å². The first kappa shape index (κ1) is 13.4. The van der Waals surface area contributed by atoms with Crippen LogP contribution in [0.3, 0.4) is 0 Å². The number of nitrogens with one attached hydrogen (secondary N) is 1. The van der Waals surface area contributed by atoms with Gasteiger partial charge in [0, 0.05) is 0 Å². The van der Waals surface area contributed by atoms with Crippen molar-refractivity contribution >= 4 is 40.2 Å². The Hall–Kier alpha value is -1.69. The van der Waals surface area contributed by atoms with Gasteiger partial charge in [0.1, 0.15) is 6.42 Å². The highest BCUT2D eigenvalue weighted by atomic mass is 127. The summed E-state index contributed by atoms with van der Waals surface area (Å²) in [5, 5.41) is 19.2. The summed E-state index contributed by atoms with van der Waals surface area (Å²) in [5.41, 5.74) is -0.765. The molecule has 1 rings (SSSR count). The minimum atomic E-state index is -1.35. The van der Waals surface area contributed by atoms with Gasteiger partial charge >= 0.3 is 5.97 Å². The Labute approximate surface area is 109 Å². The molecule has 2 N–H and O–H groups in total. The second-order valence-electron chi connectivity index (χ2n) is 2.97. The van der Waals surface area contributed by atoms with Gasteiger partial charge in [0.25, 0.3) is 0 Å². The summed E-state index contributed by atoms with van der Waals surface area (Å²) in [4.78, 5) is 22.0. The van der Waals surface area contributed by atoms with Gasteiger partial charge in [-0.3, -0.25) is 4.79 Å². The number of nitrogens with zero attached hydrogens (tertiary/aromatic N) is 1. The second-order valence-corrected chi connectivity index (χ2v) is 4.13. The maximum Gasteiger partial charge on any atom is 0.337 e. The fourth-order valence-electron chi connectivity index (χ4n) is 1.11. The first-order valence-electron chi connectivity index (χ1n) is 4.35. The molecule has 0 saturated heterocycles. The summed E-state index contributed by atoms with van der Waals surface area (Å²) in [5.74, 6) is -2.93. The van der Waals surface area contributed by atoms with Gasteiger partial charge in [0.2, 0.25) is 5.91 Å². The van der Waals surface area contributed by atoms with Crippen molar-refractivity contribution in [2.75, 3.05) is 5.32 Å². The molecule has 0 aromatic heterocycles. The molecule has 0 aliphatic carbocycles. The van der Waals surface area contributed by atoms with E-state index in [1.165, 1.54) is 12.1 Å². The zero-order valence-corrected chi connectivity index (χ0v) is 10.5. The van der Waals surface area contributed by atoms with Crippen LogP contribution in [-0.2, 0) is 4.79 Å². The minimum absolute atomic E-state index is 0.180. The van der Waals surface area contributed by atoms with Crippen LogP contribution in [-0.4, -0.2) is 17.0 Å². The quantitative estimate of drug-likeness (QED) is 0.818. The van der Waals surface area contributed by atoms with E-state index in [0.717, 1.165) is 0 Å². The van der Waals surface area contributed by atoms with Crippen molar-refractivity contribution in [2.45, 2.75) is 6.42 Å². The van der Waals surface area contributed by atoms with E-state index in [2.05, 4.69) is 5.32 Å². The Kier molecular flexibility index (Phi) is 4.39. The van der Waals surface area contributed by atoms with Crippen LogP contribution >= 0.6 is 22.6 Å². The summed E-state index contributed by atoms with van der Waals surface area (Å²) < 4.78 is 13.8. The van der Waals surface area contributed by atoms with Crippen molar-refractivity contribution in [1.82, 2.24) is 0 Å². The number of aromatic carboxylic acids is 1. The summed E-state index contributed by atoms with van der Waals surface area (Å²) in [6.45, 7) is 0. The number of hydrogen-bond donors (Lipinski definition) is 2. The Morgan fingerprint density at radius 2 is 2.18 bits per heavy atom. The lowest BCUT2D eigenvalue weighted by atomic mass is 10.1. The molecule has 1 aromatic rings. The maximum absolute atomic E-state index is 13.7. The van der Waals surface area contributed by atoms with Crippen LogP contribution < -0.4 is 5.32 Å². The number of benzene rings is 1. The van der Waals surface area contributed by atoms with Crippen LogP contribution in [0.1, 0.15) is 16.8 Å². The van der Waals surface area contributed by atoms with Gasteiger partial charge < -0.3 is 10.4 Å². The van der Waals surface area contributed by atoms with E-state index in [1.807, 2.05) is 0 Å². The number of halogens is 2. The Bertz CT molecular complexity index is 525. The number of carbonyl (C=O) groups is 2. The van der Waals surface area contributed by atoms with Gasteiger partial charge in [-0.2, -0.15) is 5.26 Å². The van der Waals surface area contributed by atoms with E-state index >= 15 is 0 Å². The number of carbonyl (C=O) groups excluding carboxylic acids is 1. The third kappa shape index (κ3) is 3.13. The molecule has 0 atom stereocenters. The van der Waals surface area contributed by atoms with Crippen LogP contribution in [0.4, 0.5) is 10.1 Å². The van der Waals surface area contributed by atoms with Crippen molar-refractivity contribution in [3.05, 3.63) is 27.1 Å². The number of anilines is 1. The van der Waals surface area contributed by atoms with Crippen molar-refractivity contribution < 1.29 is 19.1 Å². The zero-order valence-electron chi connectivity index (χ0n) is 8.33. The maximum atomic E-state index is 13.7. The smallest absolute Gasteiger partial charge is 0.337 e. The molecule has 0 fully saturated rings. The van der Waals surface area contributed by atoms with Gasteiger partial charge in [0.05, 0.1) is 20.9 Å². The highest BCUT2D eigenvalue weighted by Gasteiger charge is 2.18. The third-order valence-electron chi connectivity index (χ3n) is 1.83. The molecule has 17 heavy (non-hydrogen) atoms. The number of amides is 1. The first-order valence-corrected chi connectivity index (χ1v) is 5.43. The van der Waals surface area contributed by atoms with Crippen LogP contribution in [0, 0.1) is 20.7 Å². The standard InChI is InChI=1S/C10H6FIN2O3/c11-8-6(12)2-1-5(10(16)17)9(8)14-7(15)3-4-13/h1-2H,3H2,(H,14,15)(H,16,17). The molecule has 5 nitrogen and oxygen atoms in total. The highest BCUT2D eigenvalue weighted by Crippen LogP contribution is 2.24. The molecule has 0 heterocycles. The van der Waals surface area contributed by atoms with Crippen molar-refractivity contribution in [1.29, 1.82) is 5.26 Å². The fraction of sp³-hybridized carbons (Fsp3) is 0.100. The van der Waals surface area contributed by atoms with Gasteiger partial charge in [-0.15, -0.1) is 0 Å². The van der Waals surface area contributed by atoms with E-state index in [9.17, 15) is 14.0 Å². The molecular formula is C10H6FIN2O3. The average Bonchev–Trinajstić information content (AvgIpc) is 2.25. The topological polar surface area (TPSA) is 90.2 Å². The number of hydrogen-bond acceptors (Lipinski definition) is 3. The van der Waals surface area contributed by atoms with Crippen LogP contribution in [0.5, 0.6) is 0 Å². The molecule has 0 saturated carbocycles. The number of carboxylic acids is 1. The zero-order chi connectivity index (χ0) is 13.0. The molecule has 0 bridgehead atoms. The summed E-state index contributed by atoms with van der Waals surface area (Å²) in [6, 6.07) is 4.07. The monoisotopic (exact) mass is 348 g/mol. The van der Waals surface area contributed by atoms with Gasteiger partial charge in [0.15, 0.2) is 5.82 Å². The second kappa shape index (κ2) is 5.58. The number of rotatable bonds is 3. The lowest BCUT2D eigenvalue weighted by molar-refractivity contribution is -0.115. The first-order chi connectivity index (χ1) is 7.97. The summed E-state index contributed by atoms with van der Waals surface area (Å²) in [6.07, 6.45) is -0.468. The number of nitriles is 1. The van der Waals surface area contributed by atoms with E-state index in [4.69, 9.17) is 10.4 Å². The van der Waals surface area contributed by atoms with E-state index in [0.29, 0.717) is 0 Å². The highest BCUT2D eigenvalue weighted by molar-refractivity contribution is 14.1. The van der Waals surface area contributed by atoms with Crippen LogP contribution in [0.15, 0.2) is 12.1 Å². The molecular weight excluding hydrogens is 342 g/mol. The Morgan fingerprint density at radius 3 is 2.71 bits per heavy atom. The molecule has 0 spiro atoms. The van der Waals surface area contributed by atoms with E-state index in [-0.39, 0.29) is 9.13 Å². The largest absolute Gasteiger partial charge is 0.478 e. The fourth-order valence-corrected chi connectivity index (χ4v) is 1.56. The van der Waals surface area contributed by atoms with E-state index < -0.39 is 29.8 Å².